The van der Waals surface area contributed by atoms with Gasteiger partial charge in [0.15, 0.2) is 0 Å². The number of aromatic nitrogens is 1. The van der Waals surface area contributed by atoms with Crippen molar-refractivity contribution in [2.45, 2.75) is 25.7 Å². The van der Waals surface area contributed by atoms with E-state index in [0.717, 1.165) is 25.7 Å². The van der Waals surface area contributed by atoms with Gasteiger partial charge in [-0.05, 0) is 91.7 Å². The van der Waals surface area contributed by atoms with Gasteiger partial charge in [-0.25, -0.2) is 0 Å². The van der Waals surface area contributed by atoms with Crippen LogP contribution in [0, 0.1) is 0 Å². The Morgan fingerprint density at radius 2 is 1.31 bits per heavy atom. The average Bonchev–Trinajstić information content (AvgIpc) is 3.46. The molecule has 2 aliphatic carbocycles. The number of para-hydroxylation sites is 1. The number of hydrogen-bond donors (Lipinski definition) is 0. The van der Waals surface area contributed by atoms with Crippen LogP contribution in [0.4, 0.5) is 17.1 Å². The van der Waals surface area contributed by atoms with E-state index in [1.807, 2.05) is 6.20 Å². The highest BCUT2D eigenvalue weighted by atomic mass is 15.2. The first kappa shape index (κ1) is 18.2. The molecule has 1 aromatic heterocycles. The van der Waals surface area contributed by atoms with Gasteiger partial charge in [0.25, 0.3) is 0 Å². The van der Waals surface area contributed by atoms with Crippen LogP contribution in [-0.4, -0.2) is 4.98 Å². The molecule has 9 rings (SSSR count). The Labute approximate surface area is 204 Å². The van der Waals surface area contributed by atoms with Gasteiger partial charge in [0.1, 0.15) is 0 Å². The van der Waals surface area contributed by atoms with Crippen molar-refractivity contribution >= 4 is 17.1 Å². The summed E-state index contributed by atoms with van der Waals surface area (Å²) in [5.74, 6) is 0. The molecule has 0 bridgehead atoms. The van der Waals surface area contributed by atoms with Crippen LogP contribution in [0.15, 0.2) is 85.2 Å². The average molecular weight is 447 g/mol. The lowest BCUT2D eigenvalue weighted by Gasteiger charge is -2.40. The number of rotatable bonds is 0. The molecular formula is C33H22N2. The molecule has 0 saturated heterocycles. The summed E-state index contributed by atoms with van der Waals surface area (Å²) >= 11 is 0. The molecule has 0 saturated carbocycles. The zero-order valence-corrected chi connectivity index (χ0v) is 19.3. The maximum absolute atomic E-state index is 4.47. The Kier molecular flexibility index (Phi) is 3.27. The summed E-state index contributed by atoms with van der Waals surface area (Å²) in [4.78, 5) is 7.00. The third kappa shape index (κ3) is 2.23. The van der Waals surface area contributed by atoms with Gasteiger partial charge >= 0.3 is 0 Å². The summed E-state index contributed by atoms with van der Waals surface area (Å²) in [7, 11) is 0. The number of hydrogen-bond acceptors (Lipinski definition) is 2. The predicted molar refractivity (Wildman–Crippen MR) is 141 cm³/mol. The maximum atomic E-state index is 4.47. The molecule has 35 heavy (non-hydrogen) atoms. The molecule has 0 unspecified atom stereocenters. The zero-order valence-electron chi connectivity index (χ0n) is 19.3. The van der Waals surface area contributed by atoms with Crippen LogP contribution in [0.2, 0.25) is 0 Å². The highest BCUT2D eigenvalue weighted by molar-refractivity contribution is 5.98. The lowest BCUT2D eigenvalue weighted by atomic mass is 9.81. The fraction of sp³-hybridized carbons (Fsp3) is 0.121. The second-order valence-corrected chi connectivity index (χ2v) is 10.4. The number of pyridine rings is 1. The topological polar surface area (TPSA) is 16.1 Å². The lowest BCUT2D eigenvalue weighted by Crippen LogP contribution is -2.25. The summed E-state index contributed by atoms with van der Waals surface area (Å²) in [6.07, 6.45) is 8.02. The fourth-order valence-electron chi connectivity index (χ4n) is 7.24. The summed E-state index contributed by atoms with van der Waals surface area (Å²) in [6, 6.07) is 27.4. The predicted octanol–water partition coefficient (Wildman–Crippen LogP) is 7.50. The van der Waals surface area contributed by atoms with Crippen LogP contribution < -0.4 is 4.90 Å². The zero-order chi connectivity index (χ0) is 22.7. The largest absolute Gasteiger partial charge is 0.309 e. The Hall–Kier alpha value is -4.17. The molecule has 2 nitrogen and oxygen atoms in total. The Morgan fingerprint density at radius 1 is 0.543 bits per heavy atom. The van der Waals surface area contributed by atoms with E-state index in [0.29, 0.717) is 0 Å². The van der Waals surface area contributed by atoms with Gasteiger partial charge in [0.05, 0.1) is 11.4 Å². The number of fused-ring (bicyclic) bond motifs is 12. The van der Waals surface area contributed by atoms with Crippen LogP contribution in [0.5, 0.6) is 0 Å². The first-order valence-corrected chi connectivity index (χ1v) is 12.6. The van der Waals surface area contributed by atoms with Gasteiger partial charge < -0.3 is 4.90 Å². The number of benzene rings is 4. The highest BCUT2D eigenvalue weighted by Gasteiger charge is 2.37. The van der Waals surface area contributed by atoms with Crippen LogP contribution in [0.3, 0.4) is 0 Å². The van der Waals surface area contributed by atoms with Gasteiger partial charge in [0.2, 0.25) is 0 Å². The van der Waals surface area contributed by atoms with E-state index in [2.05, 4.69) is 88.9 Å². The van der Waals surface area contributed by atoms with Gasteiger partial charge in [-0.1, -0.05) is 60.7 Å². The van der Waals surface area contributed by atoms with E-state index in [9.17, 15) is 0 Å². The van der Waals surface area contributed by atoms with E-state index in [4.69, 9.17) is 0 Å². The molecule has 0 amide bonds. The van der Waals surface area contributed by atoms with Crippen LogP contribution in [0.1, 0.15) is 44.5 Å². The Morgan fingerprint density at radius 3 is 2.29 bits per heavy atom. The quantitative estimate of drug-likeness (QED) is 0.240. The number of anilines is 3. The van der Waals surface area contributed by atoms with Crippen molar-refractivity contribution in [3.05, 3.63) is 130 Å². The number of nitrogens with zero attached hydrogens (tertiary/aromatic N) is 2. The normalized spacial score (nSPS) is 14.9. The standard InChI is InChI=1S/C33H22N2/c1-3-7-25-19(5-1)16-27-26(25)10-9-21-13-22-14-23-15-24-18-34-12-11-30(24)35-29-8-4-2-6-20(29)17-28(33(23)35)32(22)31(21)27/h1-12,14,18H,13,15-17H2. The molecule has 0 radical (unpaired) electrons. The Balaban J connectivity index is 1.36. The van der Waals surface area contributed by atoms with E-state index in [1.54, 1.807) is 0 Å². The Bertz CT molecular complexity index is 1750. The van der Waals surface area contributed by atoms with Crippen molar-refractivity contribution in [2.75, 3.05) is 4.90 Å². The smallest absolute Gasteiger partial charge is 0.0539 e. The van der Waals surface area contributed by atoms with Crippen LogP contribution in [0.25, 0.3) is 22.3 Å². The minimum atomic E-state index is 0.956. The van der Waals surface area contributed by atoms with Gasteiger partial charge in [0, 0.05) is 30.9 Å². The van der Waals surface area contributed by atoms with E-state index in [-0.39, 0.29) is 0 Å². The third-order valence-electron chi connectivity index (χ3n) is 8.59. The molecule has 2 aliphatic heterocycles. The molecule has 0 atom stereocenters. The van der Waals surface area contributed by atoms with Gasteiger partial charge in [-0.2, -0.15) is 0 Å². The van der Waals surface area contributed by atoms with Crippen molar-refractivity contribution in [3.63, 3.8) is 0 Å². The first-order chi connectivity index (χ1) is 17.3. The summed E-state index contributed by atoms with van der Waals surface area (Å²) in [5.41, 5.74) is 21.6. The molecule has 164 valence electrons. The second-order valence-electron chi connectivity index (χ2n) is 10.4. The maximum Gasteiger partial charge on any atom is 0.0539 e. The SMILES string of the molecule is c1ccc2c(c1)Cc1c-2ccc2c1-c1c(cc3c4c1Cc1ccccc1N4c1ccncc1C3)C2. The molecule has 0 N–H and O–H groups in total. The molecule has 3 heterocycles. The van der Waals surface area contributed by atoms with Crippen molar-refractivity contribution < 1.29 is 0 Å². The van der Waals surface area contributed by atoms with Crippen molar-refractivity contribution in [2.24, 2.45) is 0 Å². The highest BCUT2D eigenvalue weighted by Crippen LogP contribution is 2.57. The summed E-state index contributed by atoms with van der Waals surface area (Å²) in [5, 5.41) is 0. The molecule has 0 fully saturated rings. The van der Waals surface area contributed by atoms with E-state index in [1.165, 1.54) is 83.8 Å². The lowest BCUT2D eigenvalue weighted by molar-refractivity contribution is 0.996. The van der Waals surface area contributed by atoms with Gasteiger partial charge in [-0.3, -0.25) is 4.98 Å². The molecule has 4 aliphatic rings. The van der Waals surface area contributed by atoms with E-state index >= 15 is 0 Å². The molecule has 5 aromatic rings. The van der Waals surface area contributed by atoms with Crippen molar-refractivity contribution in [1.82, 2.24) is 4.98 Å². The molecule has 2 heteroatoms. The summed E-state index contributed by atoms with van der Waals surface area (Å²) in [6.45, 7) is 0. The molecular weight excluding hydrogens is 424 g/mol. The minimum Gasteiger partial charge on any atom is -0.309 e. The van der Waals surface area contributed by atoms with Crippen LogP contribution in [-0.2, 0) is 25.7 Å². The van der Waals surface area contributed by atoms with Gasteiger partial charge in [-0.15, -0.1) is 0 Å². The van der Waals surface area contributed by atoms with E-state index < -0.39 is 0 Å². The third-order valence-corrected chi connectivity index (χ3v) is 8.59. The first-order valence-electron chi connectivity index (χ1n) is 12.6. The van der Waals surface area contributed by atoms with Crippen LogP contribution >= 0.6 is 0 Å². The monoisotopic (exact) mass is 446 g/mol. The summed E-state index contributed by atoms with van der Waals surface area (Å²) < 4.78 is 0. The van der Waals surface area contributed by atoms with Crippen molar-refractivity contribution in [1.29, 1.82) is 0 Å². The molecule has 0 spiro atoms. The minimum absolute atomic E-state index is 0.956. The van der Waals surface area contributed by atoms with Crippen molar-refractivity contribution in [3.8, 4) is 22.3 Å². The molecule has 4 aromatic carbocycles. The fourth-order valence-corrected chi connectivity index (χ4v) is 7.24. The second kappa shape index (κ2) is 6.28.